The van der Waals surface area contributed by atoms with Gasteiger partial charge in [0.15, 0.2) is 5.82 Å². The van der Waals surface area contributed by atoms with E-state index in [1.807, 2.05) is 24.3 Å². The average molecular weight is 298 g/mol. The number of hydrogen-bond acceptors (Lipinski definition) is 4. The van der Waals surface area contributed by atoms with E-state index in [2.05, 4.69) is 10.3 Å². The second-order valence-corrected chi connectivity index (χ2v) is 4.87. The van der Waals surface area contributed by atoms with Crippen molar-refractivity contribution in [2.45, 2.75) is 6.92 Å². The summed E-state index contributed by atoms with van der Waals surface area (Å²) in [6.45, 7) is 1.69. The number of anilines is 1. The third-order valence-electron chi connectivity index (χ3n) is 3.45. The first-order valence-electron chi connectivity index (χ1n) is 6.73. The molecule has 0 radical (unpaired) electrons. The summed E-state index contributed by atoms with van der Waals surface area (Å²) in [5.41, 5.74) is 8.62. The third kappa shape index (κ3) is 2.28. The number of hydrogen-bond donors (Lipinski definition) is 1. The molecule has 0 unspecified atom stereocenters. The predicted molar refractivity (Wildman–Crippen MR) is 82.5 cm³/mol. The van der Waals surface area contributed by atoms with Gasteiger partial charge in [0.2, 0.25) is 0 Å². The van der Waals surface area contributed by atoms with E-state index in [4.69, 9.17) is 10.5 Å². The quantitative estimate of drug-likeness (QED) is 0.807. The van der Waals surface area contributed by atoms with Gasteiger partial charge in [-0.05, 0) is 42.8 Å². The molecule has 0 bridgehead atoms. The Kier molecular flexibility index (Phi) is 3.50. The van der Waals surface area contributed by atoms with Crippen molar-refractivity contribution < 1.29 is 9.13 Å². The van der Waals surface area contributed by atoms with Crippen LogP contribution in [0.1, 0.15) is 5.56 Å². The van der Waals surface area contributed by atoms with Crippen LogP contribution in [0.15, 0.2) is 42.5 Å². The summed E-state index contributed by atoms with van der Waals surface area (Å²) < 4.78 is 20.2. The van der Waals surface area contributed by atoms with Crippen molar-refractivity contribution >= 4 is 5.82 Å². The summed E-state index contributed by atoms with van der Waals surface area (Å²) in [6, 6.07) is 12.1. The Morgan fingerprint density at radius 2 is 1.95 bits per heavy atom. The number of methoxy groups -OCH3 is 1. The van der Waals surface area contributed by atoms with Crippen LogP contribution in [0.5, 0.6) is 5.75 Å². The normalized spacial score (nSPS) is 10.7. The van der Waals surface area contributed by atoms with E-state index in [0.717, 1.165) is 5.56 Å². The van der Waals surface area contributed by atoms with E-state index in [0.29, 0.717) is 28.5 Å². The van der Waals surface area contributed by atoms with Gasteiger partial charge in [0.25, 0.3) is 0 Å². The maximum absolute atomic E-state index is 13.4. The van der Waals surface area contributed by atoms with Crippen molar-refractivity contribution in [3.63, 3.8) is 0 Å². The molecular weight excluding hydrogens is 283 g/mol. The maximum Gasteiger partial charge on any atom is 0.156 e. The molecule has 6 heteroatoms. The number of halogens is 1. The van der Waals surface area contributed by atoms with Gasteiger partial charge in [-0.25, -0.2) is 4.39 Å². The van der Waals surface area contributed by atoms with Gasteiger partial charge in [0.1, 0.15) is 22.9 Å². The van der Waals surface area contributed by atoms with E-state index in [9.17, 15) is 4.39 Å². The summed E-state index contributed by atoms with van der Waals surface area (Å²) in [7, 11) is 1.58. The first-order valence-corrected chi connectivity index (χ1v) is 6.73. The third-order valence-corrected chi connectivity index (χ3v) is 3.45. The Morgan fingerprint density at radius 1 is 1.18 bits per heavy atom. The predicted octanol–water partition coefficient (Wildman–Crippen LogP) is 2.97. The number of ether oxygens (including phenoxy) is 1. The molecule has 0 fully saturated rings. The van der Waals surface area contributed by atoms with Gasteiger partial charge in [-0.2, -0.15) is 4.68 Å². The molecule has 1 heterocycles. The number of benzene rings is 2. The summed E-state index contributed by atoms with van der Waals surface area (Å²) in [5, 5.41) is 8.21. The maximum atomic E-state index is 13.4. The van der Waals surface area contributed by atoms with Gasteiger partial charge in [0, 0.05) is 5.56 Å². The fourth-order valence-electron chi connectivity index (χ4n) is 2.27. The molecule has 2 N–H and O–H groups in total. The molecule has 22 heavy (non-hydrogen) atoms. The van der Waals surface area contributed by atoms with Crippen LogP contribution in [0.4, 0.5) is 10.2 Å². The molecule has 0 aliphatic carbocycles. The van der Waals surface area contributed by atoms with Crippen molar-refractivity contribution in [2.24, 2.45) is 0 Å². The summed E-state index contributed by atoms with van der Waals surface area (Å²) in [4.78, 5) is 0. The Morgan fingerprint density at radius 3 is 2.68 bits per heavy atom. The monoisotopic (exact) mass is 298 g/mol. The van der Waals surface area contributed by atoms with E-state index in [1.54, 1.807) is 26.2 Å². The highest BCUT2D eigenvalue weighted by molar-refractivity contribution is 5.72. The Labute approximate surface area is 127 Å². The SMILES string of the molecule is COc1ccccc1-n1nnc(-c2ccc(F)c(C)c2)c1N. The lowest BCUT2D eigenvalue weighted by atomic mass is 10.1. The number of nitrogens with zero attached hydrogens (tertiary/aromatic N) is 3. The van der Waals surface area contributed by atoms with Crippen LogP contribution >= 0.6 is 0 Å². The zero-order chi connectivity index (χ0) is 15.7. The Balaban J connectivity index is 2.11. The topological polar surface area (TPSA) is 66.0 Å². The molecule has 0 spiro atoms. The smallest absolute Gasteiger partial charge is 0.156 e. The average Bonchev–Trinajstić information content (AvgIpc) is 2.91. The van der Waals surface area contributed by atoms with Crippen LogP contribution < -0.4 is 10.5 Å². The van der Waals surface area contributed by atoms with Crippen LogP contribution in [0.25, 0.3) is 16.9 Å². The zero-order valence-electron chi connectivity index (χ0n) is 12.2. The van der Waals surface area contributed by atoms with Crippen LogP contribution in [-0.4, -0.2) is 22.1 Å². The number of para-hydroxylation sites is 2. The molecule has 0 atom stereocenters. The van der Waals surface area contributed by atoms with E-state index >= 15 is 0 Å². The largest absolute Gasteiger partial charge is 0.494 e. The van der Waals surface area contributed by atoms with E-state index in [-0.39, 0.29) is 5.82 Å². The van der Waals surface area contributed by atoms with Gasteiger partial charge in [0.05, 0.1) is 7.11 Å². The van der Waals surface area contributed by atoms with Crippen LogP contribution in [0.3, 0.4) is 0 Å². The molecule has 0 saturated heterocycles. The number of rotatable bonds is 3. The molecule has 112 valence electrons. The molecule has 0 saturated carbocycles. The van der Waals surface area contributed by atoms with Crippen molar-refractivity contribution in [3.8, 4) is 22.7 Å². The van der Waals surface area contributed by atoms with Gasteiger partial charge in [-0.1, -0.05) is 17.3 Å². The molecule has 0 aliphatic heterocycles. The highest BCUT2D eigenvalue weighted by atomic mass is 19.1. The minimum Gasteiger partial charge on any atom is -0.494 e. The van der Waals surface area contributed by atoms with Crippen LogP contribution in [0.2, 0.25) is 0 Å². The fourth-order valence-corrected chi connectivity index (χ4v) is 2.27. The molecule has 1 aromatic heterocycles. The standard InChI is InChI=1S/C16H15FN4O/c1-10-9-11(7-8-12(10)17)15-16(18)21(20-19-15)13-5-3-4-6-14(13)22-2/h3-9H,18H2,1-2H3. The second-order valence-electron chi connectivity index (χ2n) is 4.87. The number of nitrogen functional groups attached to an aromatic ring is 1. The van der Waals surface area contributed by atoms with Gasteiger partial charge in [-0.3, -0.25) is 0 Å². The highest BCUT2D eigenvalue weighted by Crippen LogP contribution is 2.29. The van der Waals surface area contributed by atoms with Crippen molar-refractivity contribution in [3.05, 3.63) is 53.8 Å². The Hall–Kier alpha value is -2.89. The Bertz CT molecular complexity index is 829. The fraction of sp³-hybridized carbons (Fsp3) is 0.125. The van der Waals surface area contributed by atoms with Gasteiger partial charge < -0.3 is 10.5 Å². The highest BCUT2D eigenvalue weighted by Gasteiger charge is 2.16. The lowest BCUT2D eigenvalue weighted by molar-refractivity contribution is 0.411. The molecular formula is C16H15FN4O. The number of aryl methyl sites for hydroxylation is 1. The number of nitrogens with two attached hydrogens (primary N) is 1. The lowest BCUT2D eigenvalue weighted by Crippen LogP contribution is -2.04. The number of aromatic nitrogens is 3. The summed E-state index contributed by atoms with van der Waals surface area (Å²) >= 11 is 0. The van der Waals surface area contributed by atoms with Crippen molar-refractivity contribution in [1.82, 2.24) is 15.0 Å². The van der Waals surface area contributed by atoms with E-state index < -0.39 is 0 Å². The minimum absolute atomic E-state index is 0.264. The second kappa shape index (κ2) is 5.48. The minimum atomic E-state index is -0.264. The lowest BCUT2D eigenvalue weighted by Gasteiger charge is -2.08. The first kappa shape index (κ1) is 14.1. The van der Waals surface area contributed by atoms with Gasteiger partial charge >= 0.3 is 0 Å². The van der Waals surface area contributed by atoms with Crippen molar-refractivity contribution in [1.29, 1.82) is 0 Å². The molecule has 3 aromatic rings. The van der Waals surface area contributed by atoms with Crippen LogP contribution in [0, 0.1) is 12.7 Å². The summed E-state index contributed by atoms with van der Waals surface area (Å²) in [6.07, 6.45) is 0. The van der Waals surface area contributed by atoms with E-state index in [1.165, 1.54) is 10.7 Å². The first-order chi connectivity index (χ1) is 10.6. The molecule has 3 rings (SSSR count). The molecule has 0 amide bonds. The molecule has 0 aliphatic rings. The molecule has 5 nitrogen and oxygen atoms in total. The van der Waals surface area contributed by atoms with Crippen molar-refractivity contribution in [2.75, 3.05) is 12.8 Å². The summed E-state index contributed by atoms with van der Waals surface area (Å²) in [5.74, 6) is 0.746. The van der Waals surface area contributed by atoms with Gasteiger partial charge in [-0.15, -0.1) is 5.10 Å². The van der Waals surface area contributed by atoms with Crippen LogP contribution in [-0.2, 0) is 0 Å². The molecule has 2 aromatic carbocycles. The zero-order valence-corrected chi connectivity index (χ0v) is 12.2.